The summed E-state index contributed by atoms with van der Waals surface area (Å²) in [6, 6.07) is 0. The summed E-state index contributed by atoms with van der Waals surface area (Å²) in [5.41, 5.74) is 0.218. The van der Waals surface area contributed by atoms with Crippen molar-refractivity contribution in [3.05, 3.63) is 0 Å². The molecule has 0 spiro atoms. The van der Waals surface area contributed by atoms with Crippen molar-refractivity contribution >= 4 is 5.91 Å². The van der Waals surface area contributed by atoms with Crippen molar-refractivity contribution in [2.45, 2.75) is 47.0 Å². The first kappa shape index (κ1) is 15.5. The monoisotopic (exact) mass is 254 g/mol. The van der Waals surface area contributed by atoms with Crippen molar-refractivity contribution in [3.8, 4) is 0 Å². The minimum Gasteiger partial charge on any atom is -0.342 e. The Morgan fingerprint density at radius 2 is 2.11 bits per heavy atom. The third-order valence-electron chi connectivity index (χ3n) is 4.32. The predicted octanol–water partition coefficient (Wildman–Crippen LogP) is 2.52. The summed E-state index contributed by atoms with van der Waals surface area (Å²) in [5, 5.41) is 3.22. The molecule has 3 heteroatoms. The third kappa shape index (κ3) is 4.60. The number of rotatable bonds is 4. The molecule has 1 heterocycles. The molecule has 18 heavy (non-hydrogen) atoms. The average Bonchev–Trinajstić information content (AvgIpc) is 2.28. The molecule has 2 unspecified atom stereocenters. The highest BCUT2D eigenvalue weighted by molar-refractivity contribution is 5.76. The second kappa shape index (κ2) is 6.55. The van der Waals surface area contributed by atoms with Crippen molar-refractivity contribution in [1.82, 2.24) is 10.2 Å². The van der Waals surface area contributed by atoms with Crippen LogP contribution in [0.2, 0.25) is 0 Å². The summed E-state index contributed by atoms with van der Waals surface area (Å²) in [7, 11) is 1.99. The van der Waals surface area contributed by atoms with Crippen LogP contribution in [0.15, 0.2) is 0 Å². The van der Waals surface area contributed by atoms with Crippen LogP contribution in [-0.4, -0.2) is 37.5 Å². The Morgan fingerprint density at radius 3 is 2.67 bits per heavy atom. The minimum atomic E-state index is 0.218. The van der Waals surface area contributed by atoms with Gasteiger partial charge in [0.1, 0.15) is 0 Å². The highest BCUT2D eigenvalue weighted by Crippen LogP contribution is 2.29. The number of carbonyl (C=O) groups excluding carboxylic acids is 1. The molecule has 3 nitrogen and oxygen atoms in total. The number of piperidine rings is 1. The summed E-state index contributed by atoms with van der Waals surface area (Å²) >= 11 is 0. The van der Waals surface area contributed by atoms with Crippen LogP contribution >= 0.6 is 0 Å². The Kier molecular flexibility index (Phi) is 5.64. The smallest absolute Gasteiger partial charge is 0.222 e. The van der Waals surface area contributed by atoms with Crippen LogP contribution in [0.5, 0.6) is 0 Å². The zero-order valence-electron chi connectivity index (χ0n) is 12.8. The SMILES string of the molecule is CNCC1CCCN(C(=O)CC(C)C(C)(C)C)C1. The zero-order chi connectivity index (χ0) is 13.8. The van der Waals surface area contributed by atoms with Gasteiger partial charge < -0.3 is 10.2 Å². The van der Waals surface area contributed by atoms with Crippen LogP contribution in [0.1, 0.15) is 47.0 Å². The second-order valence-corrected chi connectivity index (χ2v) is 6.88. The normalized spacial score (nSPS) is 22.9. The molecule has 1 N–H and O–H groups in total. The Morgan fingerprint density at radius 1 is 1.44 bits per heavy atom. The molecule has 1 fully saturated rings. The van der Waals surface area contributed by atoms with Gasteiger partial charge in [0.05, 0.1) is 0 Å². The van der Waals surface area contributed by atoms with E-state index < -0.39 is 0 Å². The van der Waals surface area contributed by atoms with Crippen molar-refractivity contribution in [3.63, 3.8) is 0 Å². The van der Waals surface area contributed by atoms with Crippen LogP contribution in [0.3, 0.4) is 0 Å². The summed E-state index contributed by atoms with van der Waals surface area (Å²) < 4.78 is 0. The lowest BCUT2D eigenvalue weighted by Gasteiger charge is -2.35. The van der Waals surface area contributed by atoms with E-state index in [0.29, 0.717) is 24.2 Å². The number of nitrogens with zero attached hydrogens (tertiary/aromatic N) is 1. The lowest BCUT2D eigenvalue weighted by atomic mass is 9.80. The molecule has 1 amide bonds. The number of hydrogen-bond acceptors (Lipinski definition) is 2. The van der Waals surface area contributed by atoms with E-state index in [-0.39, 0.29) is 5.41 Å². The van der Waals surface area contributed by atoms with E-state index in [4.69, 9.17) is 0 Å². The highest BCUT2D eigenvalue weighted by Gasteiger charge is 2.27. The molecule has 0 aromatic rings. The fourth-order valence-electron chi connectivity index (χ4n) is 2.44. The molecule has 0 aromatic carbocycles. The Hall–Kier alpha value is -0.570. The van der Waals surface area contributed by atoms with E-state index >= 15 is 0 Å². The number of nitrogens with one attached hydrogen (secondary N) is 1. The van der Waals surface area contributed by atoms with Crippen molar-refractivity contribution in [2.24, 2.45) is 17.3 Å². The Labute approximate surface area is 112 Å². The molecule has 0 saturated carbocycles. The quantitative estimate of drug-likeness (QED) is 0.836. The van der Waals surface area contributed by atoms with Gasteiger partial charge in [-0.25, -0.2) is 0 Å². The lowest BCUT2D eigenvalue weighted by molar-refractivity contribution is -0.134. The molecule has 0 aromatic heterocycles. The summed E-state index contributed by atoms with van der Waals surface area (Å²) in [5.74, 6) is 1.42. The minimum absolute atomic E-state index is 0.218. The molecule has 0 bridgehead atoms. The van der Waals surface area contributed by atoms with E-state index in [1.807, 2.05) is 7.05 Å². The second-order valence-electron chi connectivity index (χ2n) is 6.88. The maximum absolute atomic E-state index is 12.3. The van der Waals surface area contributed by atoms with Gasteiger partial charge >= 0.3 is 0 Å². The van der Waals surface area contributed by atoms with Crippen LogP contribution in [-0.2, 0) is 4.79 Å². The Balaban J connectivity index is 2.46. The van der Waals surface area contributed by atoms with Gasteiger partial charge in [-0.15, -0.1) is 0 Å². The van der Waals surface area contributed by atoms with E-state index in [0.717, 1.165) is 26.1 Å². The molecule has 1 saturated heterocycles. The van der Waals surface area contributed by atoms with E-state index in [2.05, 4.69) is 37.9 Å². The molecule has 1 rings (SSSR count). The fraction of sp³-hybridized carbons (Fsp3) is 0.933. The maximum atomic E-state index is 12.3. The van der Waals surface area contributed by atoms with Crippen LogP contribution in [0.4, 0.5) is 0 Å². The van der Waals surface area contributed by atoms with Gasteiger partial charge in [0.2, 0.25) is 5.91 Å². The van der Waals surface area contributed by atoms with E-state index in [1.165, 1.54) is 6.42 Å². The first-order valence-corrected chi connectivity index (χ1v) is 7.27. The van der Waals surface area contributed by atoms with Crippen LogP contribution in [0.25, 0.3) is 0 Å². The van der Waals surface area contributed by atoms with Crippen molar-refractivity contribution in [1.29, 1.82) is 0 Å². The first-order chi connectivity index (χ1) is 8.34. The summed E-state index contributed by atoms with van der Waals surface area (Å²) in [6.07, 6.45) is 3.09. The predicted molar refractivity (Wildman–Crippen MR) is 76.5 cm³/mol. The van der Waals surface area contributed by atoms with Crippen LogP contribution < -0.4 is 5.32 Å². The van der Waals surface area contributed by atoms with E-state index in [1.54, 1.807) is 0 Å². The van der Waals surface area contributed by atoms with Gasteiger partial charge in [-0.1, -0.05) is 27.7 Å². The van der Waals surface area contributed by atoms with Crippen molar-refractivity contribution in [2.75, 3.05) is 26.7 Å². The van der Waals surface area contributed by atoms with Gasteiger partial charge in [0.15, 0.2) is 0 Å². The van der Waals surface area contributed by atoms with Gasteiger partial charge in [-0.05, 0) is 43.7 Å². The highest BCUT2D eigenvalue weighted by atomic mass is 16.2. The largest absolute Gasteiger partial charge is 0.342 e. The lowest BCUT2D eigenvalue weighted by Crippen LogP contribution is -2.43. The third-order valence-corrected chi connectivity index (χ3v) is 4.32. The molecule has 2 atom stereocenters. The molecular formula is C15H30N2O. The van der Waals surface area contributed by atoms with E-state index in [9.17, 15) is 4.79 Å². The summed E-state index contributed by atoms with van der Waals surface area (Å²) in [4.78, 5) is 14.4. The van der Waals surface area contributed by atoms with Gasteiger partial charge in [0, 0.05) is 19.5 Å². The Bertz CT molecular complexity index is 268. The van der Waals surface area contributed by atoms with Gasteiger partial charge in [-0.3, -0.25) is 4.79 Å². The topological polar surface area (TPSA) is 32.3 Å². The molecule has 0 aliphatic carbocycles. The number of hydrogen-bond donors (Lipinski definition) is 1. The number of carbonyl (C=O) groups is 1. The fourth-order valence-corrected chi connectivity index (χ4v) is 2.44. The first-order valence-electron chi connectivity index (χ1n) is 7.27. The average molecular weight is 254 g/mol. The van der Waals surface area contributed by atoms with Crippen LogP contribution in [0, 0.1) is 17.3 Å². The van der Waals surface area contributed by atoms with Gasteiger partial charge in [0.25, 0.3) is 0 Å². The van der Waals surface area contributed by atoms with Gasteiger partial charge in [-0.2, -0.15) is 0 Å². The standard InChI is InChI=1S/C15H30N2O/c1-12(15(2,3)4)9-14(18)17-8-6-7-13(11-17)10-16-5/h12-13,16H,6-11H2,1-5H3. The maximum Gasteiger partial charge on any atom is 0.222 e. The zero-order valence-corrected chi connectivity index (χ0v) is 12.8. The molecule has 106 valence electrons. The number of amides is 1. The molecular weight excluding hydrogens is 224 g/mol. The molecule has 0 radical (unpaired) electrons. The number of likely N-dealkylation sites (tertiary alicyclic amines) is 1. The summed E-state index contributed by atoms with van der Waals surface area (Å²) in [6.45, 7) is 11.7. The molecule has 1 aliphatic rings. The molecule has 1 aliphatic heterocycles. The van der Waals surface area contributed by atoms with Crippen molar-refractivity contribution < 1.29 is 4.79 Å².